The number of halogens is 1. The number of nitro benzene ring substituents is 1. The first kappa shape index (κ1) is 19.1. The van der Waals surface area contributed by atoms with Gasteiger partial charge in [0.15, 0.2) is 5.13 Å². The Kier molecular flexibility index (Phi) is 5.70. The summed E-state index contributed by atoms with van der Waals surface area (Å²) in [5.74, 6) is -0.929. The van der Waals surface area contributed by atoms with E-state index in [0.29, 0.717) is 5.69 Å². The summed E-state index contributed by atoms with van der Waals surface area (Å²) in [5, 5.41) is 16.9. The van der Waals surface area contributed by atoms with Gasteiger partial charge >= 0.3 is 0 Å². The van der Waals surface area contributed by atoms with Gasteiger partial charge in [0.25, 0.3) is 5.69 Å². The molecule has 0 saturated heterocycles. The van der Waals surface area contributed by atoms with Crippen molar-refractivity contribution >= 4 is 45.7 Å². The molecule has 0 saturated carbocycles. The smallest absolute Gasteiger partial charge is 0.274 e. The molecule has 1 aromatic heterocycles. The summed E-state index contributed by atoms with van der Waals surface area (Å²) >= 11 is 1.14. The minimum absolute atomic E-state index is 0.103. The van der Waals surface area contributed by atoms with Crippen LogP contribution in [0.3, 0.4) is 0 Å². The number of hydrogen-bond donors (Lipinski definition) is 1. The molecule has 0 aliphatic carbocycles. The van der Waals surface area contributed by atoms with E-state index in [1.54, 1.807) is 23.6 Å². The number of aromatic nitrogens is 1. The summed E-state index contributed by atoms with van der Waals surface area (Å²) in [6, 6.07) is 12.0. The van der Waals surface area contributed by atoms with Crippen LogP contribution in [0.1, 0.15) is 12.6 Å². The molecule has 1 heterocycles. The van der Waals surface area contributed by atoms with Crippen LogP contribution in [0, 0.1) is 15.9 Å². The molecular weight excluding hydrogens is 385 g/mol. The maximum absolute atomic E-state index is 14.1. The fourth-order valence-electron chi connectivity index (χ4n) is 2.37. The number of hydrazone groups is 1. The van der Waals surface area contributed by atoms with Crippen LogP contribution in [-0.4, -0.2) is 22.0 Å². The highest BCUT2D eigenvalue weighted by molar-refractivity contribution is 7.14. The number of anilines is 3. The Morgan fingerprint density at radius 1 is 1.29 bits per heavy atom. The van der Waals surface area contributed by atoms with Gasteiger partial charge in [0.05, 0.1) is 22.5 Å². The molecule has 0 aliphatic heterocycles. The molecule has 10 heteroatoms. The van der Waals surface area contributed by atoms with E-state index in [9.17, 15) is 19.3 Å². The number of nitrogens with one attached hydrogen (secondary N) is 1. The molecule has 1 amide bonds. The summed E-state index contributed by atoms with van der Waals surface area (Å²) in [7, 11) is 0. The first-order valence-corrected chi connectivity index (χ1v) is 8.88. The Balaban J connectivity index is 1.80. The molecule has 0 fully saturated rings. The predicted octanol–water partition coefficient (Wildman–Crippen LogP) is 4.32. The van der Waals surface area contributed by atoms with Crippen LogP contribution in [0.25, 0.3) is 0 Å². The molecule has 2 aromatic carbocycles. The lowest BCUT2D eigenvalue weighted by Gasteiger charge is -2.18. The lowest BCUT2D eigenvalue weighted by molar-refractivity contribution is -0.384. The number of carbonyl (C=O) groups excluding carboxylic acids is 1. The molecule has 142 valence electrons. The third kappa shape index (κ3) is 4.18. The van der Waals surface area contributed by atoms with Gasteiger partial charge in [0.2, 0.25) is 5.91 Å². The quantitative estimate of drug-likeness (QED) is 0.378. The van der Waals surface area contributed by atoms with Crippen molar-refractivity contribution in [1.29, 1.82) is 0 Å². The second-order valence-corrected chi connectivity index (χ2v) is 6.34. The number of rotatable bonds is 6. The van der Waals surface area contributed by atoms with E-state index in [4.69, 9.17) is 0 Å². The number of nitrogens with zero attached hydrogens (tertiary/aromatic N) is 4. The van der Waals surface area contributed by atoms with Crippen LogP contribution in [0.4, 0.5) is 26.6 Å². The molecule has 0 unspecified atom stereocenters. The van der Waals surface area contributed by atoms with Crippen molar-refractivity contribution in [3.63, 3.8) is 0 Å². The van der Waals surface area contributed by atoms with Gasteiger partial charge in [-0.1, -0.05) is 24.3 Å². The zero-order valence-corrected chi connectivity index (χ0v) is 15.4. The summed E-state index contributed by atoms with van der Waals surface area (Å²) in [5.41, 5.74) is 3.23. The summed E-state index contributed by atoms with van der Waals surface area (Å²) in [4.78, 5) is 27.9. The molecular formula is C18H14FN5O3S. The second-order valence-electron chi connectivity index (χ2n) is 5.51. The van der Waals surface area contributed by atoms with Gasteiger partial charge in [0.1, 0.15) is 11.5 Å². The van der Waals surface area contributed by atoms with Gasteiger partial charge in [-0.25, -0.2) is 9.37 Å². The van der Waals surface area contributed by atoms with Crippen molar-refractivity contribution in [2.75, 3.05) is 10.3 Å². The molecule has 0 aliphatic rings. The summed E-state index contributed by atoms with van der Waals surface area (Å²) in [6.07, 6.45) is 1.36. The standard InChI is InChI=1S/C18H14FN5O3S/c1-12(25)23(16-8-4-2-6-14(16)19)18-21-13(11-28-18)10-20-22-15-7-3-5-9-17(15)24(26)27/h2-11,22H,1H3/b20-10-. The summed E-state index contributed by atoms with van der Waals surface area (Å²) in [6.45, 7) is 1.32. The van der Waals surface area contributed by atoms with E-state index in [1.807, 2.05) is 0 Å². The van der Waals surface area contributed by atoms with Gasteiger partial charge in [-0.05, 0) is 18.2 Å². The van der Waals surface area contributed by atoms with Crippen LogP contribution >= 0.6 is 11.3 Å². The molecule has 0 bridgehead atoms. The average Bonchev–Trinajstić information content (AvgIpc) is 3.12. The van der Waals surface area contributed by atoms with Gasteiger partial charge in [-0.2, -0.15) is 5.10 Å². The van der Waals surface area contributed by atoms with E-state index >= 15 is 0 Å². The van der Waals surface area contributed by atoms with Crippen LogP contribution < -0.4 is 10.3 Å². The van der Waals surface area contributed by atoms with Crippen LogP contribution in [0.2, 0.25) is 0 Å². The van der Waals surface area contributed by atoms with Crippen molar-refractivity contribution in [3.05, 3.63) is 75.5 Å². The highest BCUT2D eigenvalue weighted by Gasteiger charge is 2.20. The number of nitro groups is 1. The Morgan fingerprint density at radius 3 is 2.71 bits per heavy atom. The Bertz CT molecular complexity index is 1050. The number of carbonyl (C=O) groups is 1. The van der Waals surface area contributed by atoms with E-state index in [0.717, 1.165) is 11.3 Å². The van der Waals surface area contributed by atoms with Gasteiger partial charge < -0.3 is 0 Å². The minimum Gasteiger partial charge on any atom is -0.274 e. The normalized spacial score (nSPS) is 10.8. The maximum atomic E-state index is 14.1. The lowest BCUT2D eigenvalue weighted by Crippen LogP contribution is -2.23. The topological polar surface area (TPSA) is 101 Å². The number of thiazole rings is 1. The van der Waals surface area contributed by atoms with E-state index in [1.165, 1.54) is 48.4 Å². The Labute approximate surface area is 163 Å². The average molecular weight is 399 g/mol. The maximum Gasteiger partial charge on any atom is 0.294 e. The largest absolute Gasteiger partial charge is 0.294 e. The predicted molar refractivity (Wildman–Crippen MR) is 106 cm³/mol. The molecule has 3 rings (SSSR count). The Hall–Kier alpha value is -3.66. The molecule has 1 N–H and O–H groups in total. The van der Waals surface area contributed by atoms with Gasteiger partial charge in [0, 0.05) is 18.4 Å². The fraction of sp³-hybridized carbons (Fsp3) is 0.0556. The zero-order chi connectivity index (χ0) is 20.1. The third-order valence-electron chi connectivity index (χ3n) is 3.59. The summed E-state index contributed by atoms with van der Waals surface area (Å²) < 4.78 is 14.1. The molecule has 0 spiro atoms. The first-order valence-electron chi connectivity index (χ1n) is 8.00. The van der Waals surface area contributed by atoms with Gasteiger partial charge in [-0.15, -0.1) is 11.3 Å². The zero-order valence-electron chi connectivity index (χ0n) is 14.6. The second kappa shape index (κ2) is 8.35. The van der Waals surface area contributed by atoms with E-state index in [-0.39, 0.29) is 28.1 Å². The highest BCUT2D eigenvalue weighted by atomic mass is 32.1. The molecule has 28 heavy (non-hydrogen) atoms. The third-order valence-corrected chi connectivity index (χ3v) is 4.44. The number of amides is 1. The SMILES string of the molecule is CC(=O)N(c1nc(/C=N\Nc2ccccc2[N+](=O)[O-])cs1)c1ccccc1F. The monoisotopic (exact) mass is 399 g/mol. The minimum atomic E-state index is -0.541. The van der Waals surface area contributed by atoms with Crippen LogP contribution in [-0.2, 0) is 4.79 Å². The molecule has 0 radical (unpaired) electrons. The fourth-order valence-corrected chi connectivity index (χ4v) is 3.20. The van der Waals surface area contributed by atoms with Crippen molar-refractivity contribution in [1.82, 2.24) is 4.98 Å². The van der Waals surface area contributed by atoms with Crippen LogP contribution in [0.5, 0.6) is 0 Å². The lowest BCUT2D eigenvalue weighted by atomic mass is 10.3. The highest BCUT2D eigenvalue weighted by Crippen LogP contribution is 2.30. The van der Waals surface area contributed by atoms with E-state index in [2.05, 4.69) is 15.5 Å². The van der Waals surface area contributed by atoms with Crippen molar-refractivity contribution in [2.45, 2.75) is 6.92 Å². The molecule has 8 nitrogen and oxygen atoms in total. The van der Waals surface area contributed by atoms with Crippen LogP contribution in [0.15, 0.2) is 59.0 Å². The van der Waals surface area contributed by atoms with Crippen molar-refractivity contribution in [2.24, 2.45) is 5.10 Å². The number of benzene rings is 2. The number of para-hydroxylation sites is 3. The van der Waals surface area contributed by atoms with Crippen molar-refractivity contribution < 1.29 is 14.1 Å². The van der Waals surface area contributed by atoms with E-state index < -0.39 is 10.7 Å². The van der Waals surface area contributed by atoms with Gasteiger partial charge in [-0.3, -0.25) is 25.2 Å². The molecule has 3 aromatic rings. The number of hydrogen-bond acceptors (Lipinski definition) is 7. The molecule has 0 atom stereocenters. The Morgan fingerprint density at radius 2 is 2.00 bits per heavy atom. The van der Waals surface area contributed by atoms with Crippen molar-refractivity contribution in [3.8, 4) is 0 Å². The first-order chi connectivity index (χ1) is 13.5.